The van der Waals surface area contributed by atoms with E-state index in [2.05, 4.69) is 24.1 Å². The van der Waals surface area contributed by atoms with Gasteiger partial charge >= 0.3 is 0 Å². The van der Waals surface area contributed by atoms with Gasteiger partial charge in [-0.25, -0.2) is 8.42 Å². The number of aliphatic hydroxyl groups excluding tert-OH is 1. The Hall–Kier alpha value is -2.46. The van der Waals surface area contributed by atoms with Crippen LogP contribution < -0.4 is 10.1 Å². The second-order valence-electron chi connectivity index (χ2n) is 11.4. The van der Waals surface area contributed by atoms with Crippen LogP contribution in [0.4, 0.5) is 0 Å². The minimum absolute atomic E-state index is 0.0311. The van der Waals surface area contributed by atoms with Gasteiger partial charge in [-0.15, -0.1) is 0 Å². The highest BCUT2D eigenvalue weighted by molar-refractivity contribution is 7.89. The van der Waals surface area contributed by atoms with Crippen molar-refractivity contribution >= 4 is 15.9 Å². The summed E-state index contributed by atoms with van der Waals surface area (Å²) < 4.78 is 35.1. The maximum atomic E-state index is 13.9. The Morgan fingerprint density at radius 2 is 1.82 bits per heavy atom. The van der Waals surface area contributed by atoms with Crippen LogP contribution in [0.15, 0.2) is 53.4 Å². The van der Waals surface area contributed by atoms with E-state index in [0.717, 1.165) is 54.3 Å². The van der Waals surface area contributed by atoms with Gasteiger partial charge in [-0.1, -0.05) is 50.2 Å². The number of carbonyl (C=O) groups excluding carboxylic acids is 1. The molecule has 0 bridgehead atoms. The van der Waals surface area contributed by atoms with Crippen molar-refractivity contribution in [2.24, 2.45) is 5.92 Å². The molecule has 0 aromatic heterocycles. The van der Waals surface area contributed by atoms with Gasteiger partial charge in [0.2, 0.25) is 15.9 Å². The second-order valence-corrected chi connectivity index (χ2v) is 13.3. The summed E-state index contributed by atoms with van der Waals surface area (Å²) in [4.78, 5) is 16.1. The number of likely N-dealkylation sites (tertiary alicyclic amines) is 1. The van der Waals surface area contributed by atoms with Gasteiger partial charge in [0.15, 0.2) is 0 Å². The van der Waals surface area contributed by atoms with Gasteiger partial charge < -0.3 is 20.1 Å². The van der Waals surface area contributed by atoms with Crippen LogP contribution in [-0.4, -0.2) is 79.1 Å². The molecule has 1 spiro atoms. The lowest BCUT2D eigenvalue weighted by atomic mass is 9.84. The first-order valence-electron chi connectivity index (χ1n) is 13.7. The van der Waals surface area contributed by atoms with Crippen molar-refractivity contribution in [2.45, 2.75) is 68.5 Å². The summed E-state index contributed by atoms with van der Waals surface area (Å²) in [6, 6.07) is 13.9. The molecule has 0 aliphatic carbocycles. The summed E-state index contributed by atoms with van der Waals surface area (Å²) in [6.45, 7) is 7.41. The third-order valence-corrected chi connectivity index (χ3v) is 10.2. The van der Waals surface area contributed by atoms with Crippen molar-refractivity contribution in [3.8, 4) is 16.9 Å². The summed E-state index contributed by atoms with van der Waals surface area (Å²) in [5.41, 5.74) is 1.34. The highest BCUT2D eigenvalue weighted by Gasteiger charge is 2.47. The molecule has 1 amide bonds. The lowest BCUT2D eigenvalue weighted by molar-refractivity contribution is -0.127. The molecule has 3 aliphatic rings. The zero-order valence-corrected chi connectivity index (χ0v) is 23.1. The molecule has 2 N–H and O–H groups in total. The Kier molecular flexibility index (Phi) is 7.82. The summed E-state index contributed by atoms with van der Waals surface area (Å²) in [5.74, 6) is 0.592. The molecular weight excluding hydrogens is 502 g/mol. The monoisotopic (exact) mass is 541 g/mol. The molecule has 2 saturated heterocycles. The first-order valence-corrected chi connectivity index (χ1v) is 15.2. The average Bonchev–Trinajstić information content (AvgIpc) is 3.31. The SMILES string of the molecule is CC(C)CCN1CCC2(CCOc3cc(-c4ccccc4)ccc3S(=O)(=O)N3C[C@H](O)C[C@H]3C(=O)N2)CC1. The zero-order chi connectivity index (χ0) is 26.9. The van der Waals surface area contributed by atoms with Crippen molar-refractivity contribution in [1.29, 1.82) is 0 Å². The number of nitrogens with zero attached hydrogens (tertiary/aromatic N) is 2. The van der Waals surface area contributed by atoms with E-state index in [0.29, 0.717) is 18.9 Å². The third-order valence-electron chi connectivity index (χ3n) is 8.24. The van der Waals surface area contributed by atoms with Crippen LogP contribution in [0.1, 0.15) is 46.0 Å². The lowest BCUT2D eigenvalue weighted by Gasteiger charge is -2.43. The fourth-order valence-electron chi connectivity index (χ4n) is 5.84. The molecule has 5 rings (SSSR count). The van der Waals surface area contributed by atoms with Crippen LogP contribution >= 0.6 is 0 Å². The van der Waals surface area contributed by atoms with Crippen LogP contribution in [0.5, 0.6) is 5.75 Å². The normalized spacial score (nSPS) is 25.7. The number of hydrogen-bond donors (Lipinski definition) is 2. The van der Waals surface area contributed by atoms with E-state index in [4.69, 9.17) is 4.74 Å². The van der Waals surface area contributed by atoms with Crippen LogP contribution in [0.3, 0.4) is 0 Å². The van der Waals surface area contributed by atoms with Gasteiger partial charge in [0.1, 0.15) is 16.7 Å². The van der Waals surface area contributed by atoms with Gasteiger partial charge in [0, 0.05) is 38.0 Å². The number of aliphatic hydroxyl groups is 1. The summed E-state index contributed by atoms with van der Waals surface area (Å²) in [7, 11) is -4.09. The summed E-state index contributed by atoms with van der Waals surface area (Å²) in [6.07, 6.45) is 2.46. The summed E-state index contributed by atoms with van der Waals surface area (Å²) >= 11 is 0. The number of sulfonamides is 1. The minimum atomic E-state index is -4.09. The fraction of sp³-hybridized carbons (Fsp3) is 0.552. The number of piperidine rings is 1. The minimum Gasteiger partial charge on any atom is -0.492 e. The van der Waals surface area contributed by atoms with E-state index >= 15 is 0 Å². The highest BCUT2D eigenvalue weighted by Crippen LogP contribution is 2.37. The van der Waals surface area contributed by atoms with E-state index in [-0.39, 0.29) is 29.5 Å². The largest absolute Gasteiger partial charge is 0.492 e. The number of nitrogens with one attached hydrogen (secondary N) is 1. The Morgan fingerprint density at radius 3 is 2.53 bits per heavy atom. The van der Waals surface area contributed by atoms with Crippen molar-refractivity contribution in [3.05, 3.63) is 48.5 Å². The summed E-state index contributed by atoms with van der Waals surface area (Å²) in [5, 5.41) is 13.7. The number of amides is 1. The van der Waals surface area contributed by atoms with Crippen molar-refractivity contribution in [3.63, 3.8) is 0 Å². The molecule has 8 nitrogen and oxygen atoms in total. The fourth-order valence-corrected chi connectivity index (χ4v) is 7.59. The van der Waals surface area contributed by atoms with Crippen LogP contribution in [-0.2, 0) is 14.8 Å². The number of carbonyl (C=O) groups is 1. The van der Waals surface area contributed by atoms with Crippen molar-refractivity contribution < 1.29 is 23.1 Å². The first-order chi connectivity index (χ1) is 18.2. The molecule has 2 aromatic carbocycles. The third kappa shape index (κ3) is 5.61. The van der Waals surface area contributed by atoms with Gasteiger partial charge in [-0.2, -0.15) is 4.31 Å². The topological polar surface area (TPSA) is 99.2 Å². The number of hydrogen-bond acceptors (Lipinski definition) is 6. The molecule has 3 aliphatic heterocycles. The van der Waals surface area contributed by atoms with Gasteiger partial charge in [-0.3, -0.25) is 4.79 Å². The Bertz CT molecular complexity index is 1240. The molecule has 2 atom stereocenters. The second kappa shape index (κ2) is 11.0. The molecular formula is C29H39N3O5S. The van der Waals surface area contributed by atoms with Gasteiger partial charge in [0.25, 0.3) is 0 Å². The highest BCUT2D eigenvalue weighted by atomic mass is 32.2. The average molecular weight is 542 g/mol. The van der Waals surface area contributed by atoms with E-state index in [1.165, 1.54) is 0 Å². The van der Waals surface area contributed by atoms with Crippen LogP contribution in [0, 0.1) is 5.92 Å². The molecule has 206 valence electrons. The predicted molar refractivity (Wildman–Crippen MR) is 146 cm³/mol. The lowest BCUT2D eigenvalue weighted by Crippen LogP contribution is -2.59. The Labute approximate surface area is 226 Å². The number of benzene rings is 2. The molecule has 9 heteroatoms. The molecule has 0 unspecified atom stereocenters. The van der Waals surface area contributed by atoms with Gasteiger partial charge in [-0.05, 0) is 55.0 Å². The van der Waals surface area contributed by atoms with E-state index in [1.807, 2.05) is 30.3 Å². The van der Waals surface area contributed by atoms with Crippen molar-refractivity contribution in [1.82, 2.24) is 14.5 Å². The van der Waals surface area contributed by atoms with Crippen molar-refractivity contribution in [2.75, 3.05) is 32.8 Å². The molecule has 2 fully saturated rings. The molecule has 0 radical (unpaired) electrons. The molecule has 0 saturated carbocycles. The molecule has 2 aromatic rings. The van der Waals surface area contributed by atoms with Crippen LogP contribution in [0.25, 0.3) is 11.1 Å². The maximum absolute atomic E-state index is 13.9. The Balaban J connectivity index is 1.48. The number of ether oxygens (including phenoxy) is 1. The quantitative estimate of drug-likeness (QED) is 0.617. The van der Waals surface area contributed by atoms with Crippen LogP contribution in [0.2, 0.25) is 0 Å². The Morgan fingerprint density at radius 1 is 1.08 bits per heavy atom. The smallest absolute Gasteiger partial charge is 0.247 e. The number of rotatable bonds is 4. The zero-order valence-electron chi connectivity index (χ0n) is 22.3. The molecule has 3 heterocycles. The van der Waals surface area contributed by atoms with E-state index in [9.17, 15) is 18.3 Å². The standard InChI is InChI=1S/C29H39N3O5S/c1-21(2)10-14-31-15-11-29(12-16-31)13-17-37-26-18-23(22-6-4-3-5-7-22)8-9-27(26)38(35,36)32-20-24(33)19-25(32)28(34)30-29/h3-9,18,21,24-25,33H,10-17,19-20H2,1-2H3,(H,30,34)/t24-,25+/m1/s1. The number of fused-ring (bicyclic) bond motifs is 2. The first kappa shape index (κ1) is 27.1. The van der Waals surface area contributed by atoms with Gasteiger partial charge in [0.05, 0.1) is 12.7 Å². The van der Waals surface area contributed by atoms with E-state index < -0.39 is 27.7 Å². The molecule has 38 heavy (non-hydrogen) atoms. The maximum Gasteiger partial charge on any atom is 0.247 e. The van der Waals surface area contributed by atoms with E-state index in [1.54, 1.807) is 18.2 Å². The predicted octanol–water partition coefficient (Wildman–Crippen LogP) is 3.26.